The monoisotopic (exact) mass is 471 g/mol. The Morgan fingerprint density at radius 2 is 1.62 bits per heavy atom. The summed E-state index contributed by atoms with van der Waals surface area (Å²) >= 11 is 0. The van der Waals surface area contributed by atoms with Crippen molar-refractivity contribution in [3.8, 4) is 5.75 Å². The molecule has 3 heterocycles. The molecule has 0 radical (unpaired) electrons. The first-order valence-electron chi connectivity index (χ1n) is 12.3. The molecule has 0 aromatic heterocycles. The molecule has 186 valence electrons. The van der Waals surface area contributed by atoms with Crippen molar-refractivity contribution < 1.29 is 23.9 Å². The second-order valence-corrected chi connectivity index (χ2v) is 10.8. The Bertz CT molecular complexity index is 909. The zero-order valence-corrected chi connectivity index (χ0v) is 20.8. The van der Waals surface area contributed by atoms with Gasteiger partial charge < -0.3 is 19.3 Å². The SMILES string of the molecule is COc1ccc(C(=O)N2[C@@H](C(=O)N3CCCC3)COC23CCN(C(=O)CC(C)(C)C)CC3)cc1. The van der Waals surface area contributed by atoms with E-state index in [1.807, 2.05) is 9.80 Å². The zero-order valence-electron chi connectivity index (χ0n) is 20.8. The van der Waals surface area contributed by atoms with Crippen LogP contribution < -0.4 is 4.74 Å². The summed E-state index contributed by atoms with van der Waals surface area (Å²) in [7, 11) is 1.58. The number of rotatable bonds is 4. The molecule has 3 amide bonds. The maximum absolute atomic E-state index is 13.8. The Labute approximate surface area is 202 Å². The first-order valence-corrected chi connectivity index (χ1v) is 12.3. The zero-order chi connectivity index (χ0) is 24.5. The van der Waals surface area contributed by atoms with Crippen molar-refractivity contribution in [3.05, 3.63) is 29.8 Å². The number of hydrogen-bond acceptors (Lipinski definition) is 5. The van der Waals surface area contributed by atoms with Gasteiger partial charge in [-0.3, -0.25) is 19.3 Å². The molecule has 34 heavy (non-hydrogen) atoms. The van der Waals surface area contributed by atoms with Gasteiger partial charge >= 0.3 is 0 Å². The van der Waals surface area contributed by atoms with E-state index in [1.165, 1.54) is 0 Å². The highest BCUT2D eigenvalue weighted by molar-refractivity contribution is 5.98. The quantitative estimate of drug-likeness (QED) is 0.675. The maximum Gasteiger partial charge on any atom is 0.256 e. The topological polar surface area (TPSA) is 79.4 Å². The van der Waals surface area contributed by atoms with Gasteiger partial charge in [-0.2, -0.15) is 0 Å². The van der Waals surface area contributed by atoms with Gasteiger partial charge in [0.2, 0.25) is 11.8 Å². The van der Waals surface area contributed by atoms with Crippen LogP contribution in [0.15, 0.2) is 24.3 Å². The van der Waals surface area contributed by atoms with E-state index in [4.69, 9.17) is 9.47 Å². The lowest BCUT2D eigenvalue weighted by molar-refractivity contribution is -0.146. The van der Waals surface area contributed by atoms with Crippen LogP contribution in [0.25, 0.3) is 0 Å². The molecular formula is C26H37N3O5. The molecule has 8 heteroatoms. The van der Waals surface area contributed by atoms with E-state index in [-0.39, 0.29) is 29.7 Å². The van der Waals surface area contributed by atoms with Crippen LogP contribution in [-0.2, 0) is 14.3 Å². The van der Waals surface area contributed by atoms with E-state index < -0.39 is 11.8 Å². The van der Waals surface area contributed by atoms with Crippen LogP contribution in [0.5, 0.6) is 5.75 Å². The number of nitrogens with zero attached hydrogens (tertiary/aromatic N) is 3. The van der Waals surface area contributed by atoms with Gasteiger partial charge in [0.1, 0.15) is 17.5 Å². The van der Waals surface area contributed by atoms with Crippen LogP contribution >= 0.6 is 0 Å². The number of ether oxygens (including phenoxy) is 2. The molecule has 0 unspecified atom stereocenters. The van der Waals surface area contributed by atoms with Crippen molar-refractivity contribution in [2.45, 2.75) is 64.6 Å². The van der Waals surface area contributed by atoms with E-state index in [2.05, 4.69) is 20.8 Å². The lowest BCUT2D eigenvalue weighted by Gasteiger charge is -2.45. The Morgan fingerprint density at radius 3 is 2.18 bits per heavy atom. The summed E-state index contributed by atoms with van der Waals surface area (Å²) in [6, 6.07) is 6.31. The van der Waals surface area contributed by atoms with E-state index in [0.29, 0.717) is 43.7 Å². The molecule has 0 N–H and O–H groups in total. The van der Waals surface area contributed by atoms with Crippen LogP contribution in [0.1, 0.15) is 63.2 Å². The third kappa shape index (κ3) is 4.92. The fraction of sp³-hybridized carbons (Fsp3) is 0.654. The number of piperidine rings is 1. The van der Waals surface area contributed by atoms with Gasteiger partial charge in [0.25, 0.3) is 5.91 Å². The highest BCUT2D eigenvalue weighted by Gasteiger charge is 2.55. The molecular weight excluding hydrogens is 434 g/mol. The molecule has 3 aliphatic rings. The van der Waals surface area contributed by atoms with Gasteiger partial charge in [0, 0.05) is 51.0 Å². The standard InChI is InChI=1S/C26H37N3O5/c1-25(2,3)17-22(30)27-15-11-26(12-16-27)29(23(31)19-7-9-20(33-4)10-8-19)21(18-34-26)24(32)28-13-5-6-14-28/h7-10,21H,5-6,11-18H2,1-4H3/t21-/m1/s1. The van der Waals surface area contributed by atoms with Crippen LogP contribution in [0.3, 0.4) is 0 Å². The smallest absolute Gasteiger partial charge is 0.256 e. The number of methoxy groups -OCH3 is 1. The number of hydrogen-bond donors (Lipinski definition) is 0. The van der Waals surface area contributed by atoms with Crippen LogP contribution in [-0.4, -0.2) is 84.1 Å². The molecule has 3 fully saturated rings. The van der Waals surface area contributed by atoms with Crippen LogP contribution in [0.4, 0.5) is 0 Å². The molecule has 8 nitrogen and oxygen atoms in total. The Hall–Kier alpha value is -2.61. The molecule has 3 saturated heterocycles. The molecule has 0 saturated carbocycles. The highest BCUT2D eigenvalue weighted by atomic mass is 16.5. The van der Waals surface area contributed by atoms with E-state index >= 15 is 0 Å². The number of benzene rings is 1. The average molecular weight is 472 g/mol. The van der Waals surface area contributed by atoms with Crippen LogP contribution in [0.2, 0.25) is 0 Å². The largest absolute Gasteiger partial charge is 0.497 e. The maximum atomic E-state index is 13.8. The van der Waals surface area contributed by atoms with Gasteiger partial charge in [-0.1, -0.05) is 20.8 Å². The van der Waals surface area contributed by atoms with Gasteiger partial charge in [-0.25, -0.2) is 0 Å². The number of carbonyl (C=O) groups is 3. The Morgan fingerprint density at radius 1 is 1.00 bits per heavy atom. The highest BCUT2D eigenvalue weighted by Crippen LogP contribution is 2.39. The predicted octanol–water partition coefficient (Wildman–Crippen LogP) is 2.91. The summed E-state index contributed by atoms with van der Waals surface area (Å²) in [6.07, 6.45) is 3.44. The normalized spacial score (nSPS) is 22.4. The minimum atomic E-state index is -0.879. The molecule has 1 spiro atoms. The van der Waals surface area contributed by atoms with Gasteiger partial charge in [-0.05, 0) is 42.5 Å². The number of carbonyl (C=O) groups excluding carboxylic acids is 3. The summed E-state index contributed by atoms with van der Waals surface area (Å²) in [5, 5.41) is 0. The molecule has 1 aromatic carbocycles. The molecule has 1 atom stereocenters. The van der Waals surface area contributed by atoms with E-state index in [9.17, 15) is 14.4 Å². The third-order valence-corrected chi connectivity index (χ3v) is 7.10. The van der Waals surface area contributed by atoms with Crippen molar-refractivity contribution in [1.29, 1.82) is 0 Å². The van der Waals surface area contributed by atoms with Gasteiger partial charge in [0.05, 0.1) is 13.7 Å². The molecule has 3 aliphatic heterocycles. The summed E-state index contributed by atoms with van der Waals surface area (Å²) in [6.45, 7) is 8.82. The summed E-state index contributed by atoms with van der Waals surface area (Å²) < 4.78 is 11.5. The molecule has 1 aromatic rings. The Kier molecular flexibility index (Phi) is 6.90. The number of likely N-dealkylation sites (tertiary alicyclic amines) is 2. The molecule has 0 aliphatic carbocycles. The fourth-order valence-corrected chi connectivity index (χ4v) is 5.25. The molecule has 4 rings (SSSR count). The van der Waals surface area contributed by atoms with E-state index in [1.54, 1.807) is 36.3 Å². The summed E-state index contributed by atoms with van der Waals surface area (Å²) in [5.41, 5.74) is -0.467. The summed E-state index contributed by atoms with van der Waals surface area (Å²) in [5.74, 6) is 0.534. The lowest BCUT2D eigenvalue weighted by Crippen LogP contribution is -2.60. The van der Waals surface area contributed by atoms with Crippen molar-refractivity contribution in [1.82, 2.24) is 14.7 Å². The third-order valence-electron chi connectivity index (χ3n) is 7.10. The fourth-order valence-electron chi connectivity index (χ4n) is 5.25. The van der Waals surface area contributed by atoms with Gasteiger partial charge in [0.15, 0.2) is 0 Å². The average Bonchev–Trinajstić information content (AvgIpc) is 3.46. The second-order valence-electron chi connectivity index (χ2n) is 10.8. The minimum absolute atomic E-state index is 0.0394. The Balaban J connectivity index is 1.57. The van der Waals surface area contributed by atoms with Crippen molar-refractivity contribution in [2.24, 2.45) is 5.41 Å². The van der Waals surface area contributed by atoms with Gasteiger partial charge in [-0.15, -0.1) is 0 Å². The van der Waals surface area contributed by atoms with Crippen molar-refractivity contribution in [3.63, 3.8) is 0 Å². The number of amides is 3. The predicted molar refractivity (Wildman–Crippen MR) is 127 cm³/mol. The van der Waals surface area contributed by atoms with Crippen molar-refractivity contribution in [2.75, 3.05) is 39.9 Å². The lowest BCUT2D eigenvalue weighted by atomic mass is 9.90. The van der Waals surface area contributed by atoms with Crippen molar-refractivity contribution >= 4 is 17.7 Å². The minimum Gasteiger partial charge on any atom is -0.497 e. The summed E-state index contributed by atoms with van der Waals surface area (Å²) in [4.78, 5) is 45.4. The van der Waals surface area contributed by atoms with Crippen LogP contribution in [0, 0.1) is 5.41 Å². The second kappa shape index (κ2) is 9.56. The molecule has 0 bridgehead atoms. The first kappa shape index (κ1) is 24.5. The van der Waals surface area contributed by atoms with E-state index in [0.717, 1.165) is 25.9 Å². The first-order chi connectivity index (χ1) is 16.1.